The third-order valence-electron chi connectivity index (χ3n) is 1.56. The lowest BCUT2D eigenvalue weighted by Crippen LogP contribution is -2.62. The van der Waals surface area contributed by atoms with Gasteiger partial charge in [-0.3, -0.25) is 4.79 Å². The highest BCUT2D eigenvalue weighted by molar-refractivity contribution is 5.61. The number of rotatable bonds is 4. The van der Waals surface area contributed by atoms with E-state index in [0.29, 0.717) is 0 Å². The standard InChI is InChI=1S/C6H12O6/c1-2-4(8)6(11,12)5(9,10)3-7/h3-4,8-12H,2H2,1H3/t4-/m1/s1. The van der Waals surface area contributed by atoms with Crippen LogP contribution in [0.25, 0.3) is 0 Å². The van der Waals surface area contributed by atoms with E-state index in [1.54, 1.807) is 0 Å². The molecule has 72 valence electrons. The van der Waals surface area contributed by atoms with Gasteiger partial charge in [-0.1, -0.05) is 6.92 Å². The first kappa shape index (κ1) is 11.5. The van der Waals surface area contributed by atoms with Gasteiger partial charge in [0.05, 0.1) is 0 Å². The zero-order chi connectivity index (χ0) is 9.99. The van der Waals surface area contributed by atoms with Crippen LogP contribution in [0.15, 0.2) is 0 Å². The van der Waals surface area contributed by atoms with Gasteiger partial charge in [-0.2, -0.15) is 0 Å². The first-order valence-electron chi connectivity index (χ1n) is 3.33. The quantitative estimate of drug-likeness (QED) is 0.237. The smallest absolute Gasteiger partial charge is 0.279 e. The summed E-state index contributed by atoms with van der Waals surface area (Å²) < 4.78 is 0. The highest BCUT2D eigenvalue weighted by atomic mass is 16.6. The van der Waals surface area contributed by atoms with Gasteiger partial charge in [0.1, 0.15) is 6.10 Å². The molecule has 0 aliphatic heterocycles. The van der Waals surface area contributed by atoms with E-state index in [-0.39, 0.29) is 6.42 Å². The second-order valence-electron chi connectivity index (χ2n) is 2.49. The lowest BCUT2D eigenvalue weighted by atomic mass is 9.99. The Morgan fingerprint density at radius 1 is 1.33 bits per heavy atom. The molecule has 0 aliphatic rings. The van der Waals surface area contributed by atoms with Gasteiger partial charge < -0.3 is 25.5 Å². The van der Waals surface area contributed by atoms with Crippen LogP contribution in [0.3, 0.4) is 0 Å². The van der Waals surface area contributed by atoms with Crippen molar-refractivity contribution in [3.63, 3.8) is 0 Å². The molecule has 0 amide bonds. The summed E-state index contributed by atoms with van der Waals surface area (Å²) in [5, 5.41) is 44.0. The topological polar surface area (TPSA) is 118 Å². The van der Waals surface area contributed by atoms with Crippen LogP contribution < -0.4 is 0 Å². The van der Waals surface area contributed by atoms with Crippen LogP contribution in [0.4, 0.5) is 0 Å². The Morgan fingerprint density at radius 3 is 2.00 bits per heavy atom. The Kier molecular flexibility index (Phi) is 3.31. The van der Waals surface area contributed by atoms with Crippen molar-refractivity contribution in [2.75, 3.05) is 0 Å². The summed E-state index contributed by atoms with van der Waals surface area (Å²) in [4.78, 5) is 9.96. The Balaban J connectivity index is 4.70. The minimum Gasteiger partial charge on any atom is -0.387 e. The molecule has 0 spiro atoms. The van der Waals surface area contributed by atoms with E-state index < -0.39 is 24.0 Å². The minimum absolute atomic E-state index is 0.135. The SMILES string of the molecule is CC[C@@H](O)C(O)(O)C(O)(O)C=O. The fourth-order valence-electron chi connectivity index (χ4n) is 0.617. The molecule has 0 aromatic heterocycles. The number of hydrogen-bond donors (Lipinski definition) is 5. The van der Waals surface area contributed by atoms with Gasteiger partial charge in [-0.25, -0.2) is 0 Å². The lowest BCUT2D eigenvalue weighted by Gasteiger charge is -2.33. The van der Waals surface area contributed by atoms with E-state index in [1.165, 1.54) is 6.92 Å². The van der Waals surface area contributed by atoms with Crippen LogP contribution in [-0.4, -0.2) is 49.5 Å². The lowest BCUT2D eigenvalue weighted by molar-refractivity contribution is -0.361. The number of aliphatic hydroxyl groups is 5. The average molecular weight is 180 g/mol. The summed E-state index contributed by atoms with van der Waals surface area (Å²) in [5.74, 6) is -6.61. The van der Waals surface area contributed by atoms with Crippen molar-refractivity contribution in [3.05, 3.63) is 0 Å². The number of carbonyl (C=O) groups excluding carboxylic acids is 1. The summed E-state index contributed by atoms with van der Waals surface area (Å²) in [6, 6.07) is 0. The molecule has 5 N–H and O–H groups in total. The Labute approximate surface area is 68.7 Å². The van der Waals surface area contributed by atoms with Gasteiger partial charge in [0.25, 0.3) is 11.6 Å². The van der Waals surface area contributed by atoms with Gasteiger partial charge >= 0.3 is 0 Å². The predicted molar refractivity (Wildman–Crippen MR) is 36.7 cm³/mol. The van der Waals surface area contributed by atoms with Crippen LogP contribution in [0.2, 0.25) is 0 Å². The first-order chi connectivity index (χ1) is 5.29. The first-order valence-corrected chi connectivity index (χ1v) is 3.33. The van der Waals surface area contributed by atoms with Crippen molar-refractivity contribution < 1.29 is 30.3 Å². The monoisotopic (exact) mass is 180 g/mol. The summed E-state index contributed by atoms with van der Waals surface area (Å²) in [6.45, 7) is 1.38. The van der Waals surface area contributed by atoms with Crippen molar-refractivity contribution in [3.8, 4) is 0 Å². The van der Waals surface area contributed by atoms with Crippen molar-refractivity contribution in [1.82, 2.24) is 0 Å². The third kappa shape index (κ3) is 1.79. The maximum atomic E-state index is 9.96. The van der Waals surface area contributed by atoms with Gasteiger partial charge in [0.15, 0.2) is 6.29 Å². The third-order valence-corrected chi connectivity index (χ3v) is 1.56. The van der Waals surface area contributed by atoms with E-state index >= 15 is 0 Å². The molecule has 0 aromatic rings. The fourth-order valence-corrected chi connectivity index (χ4v) is 0.617. The van der Waals surface area contributed by atoms with Gasteiger partial charge in [-0.15, -0.1) is 0 Å². The number of carbonyl (C=O) groups is 1. The minimum atomic E-state index is -3.36. The zero-order valence-corrected chi connectivity index (χ0v) is 6.51. The molecule has 0 aliphatic carbocycles. The second kappa shape index (κ2) is 3.46. The molecule has 0 saturated carbocycles. The molecule has 0 heterocycles. The number of aldehydes is 1. The molecule has 6 nitrogen and oxygen atoms in total. The molecule has 0 rings (SSSR count). The van der Waals surface area contributed by atoms with Crippen LogP contribution in [-0.2, 0) is 4.79 Å². The summed E-state index contributed by atoms with van der Waals surface area (Å²) >= 11 is 0. The number of hydrogen-bond acceptors (Lipinski definition) is 6. The Hall–Kier alpha value is -0.530. The average Bonchev–Trinajstić information content (AvgIpc) is 2.02. The zero-order valence-electron chi connectivity index (χ0n) is 6.51. The number of aliphatic hydroxyl groups excluding tert-OH is 1. The van der Waals surface area contributed by atoms with Crippen LogP contribution in [0.5, 0.6) is 0 Å². The molecular formula is C6H12O6. The normalized spacial score (nSPS) is 15.8. The predicted octanol–water partition coefficient (Wildman–Crippen LogP) is -2.68. The molecular weight excluding hydrogens is 168 g/mol. The summed E-state index contributed by atoms with van der Waals surface area (Å²) in [7, 11) is 0. The molecule has 0 saturated heterocycles. The van der Waals surface area contributed by atoms with Gasteiger partial charge in [-0.05, 0) is 6.42 Å². The molecule has 6 heteroatoms. The van der Waals surface area contributed by atoms with E-state index in [2.05, 4.69) is 0 Å². The molecule has 0 radical (unpaired) electrons. The van der Waals surface area contributed by atoms with Crippen LogP contribution in [0, 0.1) is 0 Å². The van der Waals surface area contributed by atoms with E-state index in [9.17, 15) is 4.79 Å². The molecule has 0 unspecified atom stereocenters. The molecule has 1 atom stereocenters. The highest BCUT2D eigenvalue weighted by Crippen LogP contribution is 2.20. The summed E-state index contributed by atoms with van der Waals surface area (Å²) in [5.41, 5.74) is 0. The molecule has 12 heavy (non-hydrogen) atoms. The molecule has 0 aromatic carbocycles. The maximum absolute atomic E-state index is 9.96. The van der Waals surface area contributed by atoms with Crippen LogP contribution in [0.1, 0.15) is 13.3 Å². The fraction of sp³-hybridized carbons (Fsp3) is 0.833. The second-order valence-corrected chi connectivity index (χ2v) is 2.49. The summed E-state index contributed by atoms with van der Waals surface area (Å²) in [6.07, 6.45) is -2.41. The molecule has 0 bridgehead atoms. The largest absolute Gasteiger partial charge is 0.387 e. The Bertz CT molecular complexity index is 163. The van der Waals surface area contributed by atoms with Crippen molar-refractivity contribution in [1.29, 1.82) is 0 Å². The van der Waals surface area contributed by atoms with E-state index in [0.717, 1.165) is 0 Å². The van der Waals surface area contributed by atoms with Crippen LogP contribution >= 0.6 is 0 Å². The van der Waals surface area contributed by atoms with E-state index in [4.69, 9.17) is 25.5 Å². The van der Waals surface area contributed by atoms with Crippen molar-refractivity contribution in [2.45, 2.75) is 31.0 Å². The van der Waals surface area contributed by atoms with Crippen molar-refractivity contribution in [2.24, 2.45) is 0 Å². The van der Waals surface area contributed by atoms with E-state index in [1.807, 2.05) is 0 Å². The van der Waals surface area contributed by atoms with Gasteiger partial charge in [0, 0.05) is 0 Å². The van der Waals surface area contributed by atoms with Crippen molar-refractivity contribution >= 4 is 6.29 Å². The maximum Gasteiger partial charge on any atom is 0.279 e. The Morgan fingerprint density at radius 2 is 1.75 bits per heavy atom. The molecule has 0 fully saturated rings. The highest BCUT2D eigenvalue weighted by Gasteiger charge is 2.52. The van der Waals surface area contributed by atoms with Gasteiger partial charge in [0.2, 0.25) is 0 Å².